The van der Waals surface area contributed by atoms with Crippen LogP contribution in [-0.2, 0) is 23.9 Å². The van der Waals surface area contributed by atoms with Crippen LogP contribution in [-0.4, -0.2) is 43.6 Å². The Kier molecular flexibility index (Phi) is 10.4. The van der Waals surface area contributed by atoms with Crippen LogP contribution in [0, 0.1) is 0 Å². The van der Waals surface area contributed by atoms with E-state index in [2.05, 4.69) is 10.6 Å². The molecule has 0 heterocycles. The number of nitrogens with one attached hydrogen (secondary N) is 2. The second kappa shape index (κ2) is 13.5. The van der Waals surface area contributed by atoms with E-state index in [0.29, 0.717) is 35.9 Å². The molecule has 2 aromatic carbocycles. The molecule has 0 aliphatic heterocycles. The van der Waals surface area contributed by atoms with E-state index in [1.807, 2.05) is 13.8 Å². The molecule has 0 fully saturated rings. The Bertz CT molecular complexity index is 940. The van der Waals surface area contributed by atoms with Gasteiger partial charge in [-0.05, 0) is 61.9 Å². The van der Waals surface area contributed by atoms with Crippen molar-refractivity contribution < 1.29 is 33.4 Å². The molecule has 2 N–H and O–H groups in total. The second-order valence-corrected chi connectivity index (χ2v) is 6.93. The maximum atomic E-state index is 12.0. The zero-order valence-corrected chi connectivity index (χ0v) is 18.7. The average molecular weight is 456 g/mol. The van der Waals surface area contributed by atoms with Gasteiger partial charge in [0.15, 0.2) is 6.61 Å². The van der Waals surface area contributed by atoms with E-state index in [-0.39, 0.29) is 12.8 Å². The Morgan fingerprint density at radius 3 is 1.97 bits per heavy atom. The summed E-state index contributed by atoms with van der Waals surface area (Å²) < 4.78 is 15.3. The van der Waals surface area contributed by atoms with Crippen molar-refractivity contribution in [3.63, 3.8) is 0 Å². The minimum Gasteiger partial charge on any atom is -0.494 e. The molecule has 2 rings (SSSR count). The zero-order valence-electron chi connectivity index (χ0n) is 18.7. The number of ether oxygens (including phenoxy) is 3. The smallest absolute Gasteiger partial charge is 0.338 e. The third kappa shape index (κ3) is 9.42. The SMILES string of the molecule is CCCOC(=O)c1ccc(NC(=O)CCC(=O)OCC(=O)Nc2ccc(OCC)cc2)cc1. The third-order valence-corrected chi connectivity index (χ3v) is 4.21. The van der Waals surface area contributed by atoms with Crippen LogP contribution in [0.1, 0.15) is 43.5 Å². The van der Waals surface area contributed by atoms with Crippen molar-refractivity contribution in [1.82, 2.24) is 0 Å². The standard InChI is InChI=1S/C24H28N2O7/c1-3-15-32-24(30)17-5-7-18(8-6-17)25-21(27)13-14-23(29)33-16-22(28)26-19-9-11-20(12-10-19)31-4-2/h5-12H,3-4,13-16H2,1-2H3,(H,25,27)(H,26,28). The number of carbonyl (C=O) groups is 4. The lowest BCUT2D eigenvalue weighted by Crippen LogP contribution is -2.21. The van der Waals surface area contributed by atoms with Crippen LogP contribution >= 0.6 is 0 Å². The number of amides is 2. The second-order valence-electron chi connectivity index (χ2n) is 6.93. The molecule has 0 spiro atoms. The van der Waals surface area contributed by atoms with Crippen molar-refractivity contribution in [2.75, 3.05) is 30.5 Å². The van der Waals surface area contributed by atoms with Gasteiger partial charge in [-0.2, -0.15) is 0 Å². The maximum Gasteiger partial charge on any atom is 0.338 e. The number of carbonyl (C=O) groups excluding carboxylic acids is 4. The molecule has 2 amide bonds. The van der Waals surface area contributed by atoms with E-state index < -0.39 is 30.4 Å². The monoisotopic (exact) mass is 456 g/mol. The molecule has 2 aromatic rings. The highest BCUT2D eigenvalue weighted by molar-refractivity contribution is 5.95. The lowest BCUT2D eigenvalue weighted by Gasteiger charge is -2.08. The van der Waals surface area contributed by atoms with Crippen LogP contribution in [0.15, 0.2) is 48.5 Å². The molecule has 0 saturated carbocycles. The van der Waals surface area contributed by atoms with Crippen molar-refractivity contribution in [3.8, 4) is 5.75 Å². The highest BCUT2D eigenvalue weighted by atomic mass is 16.5. The fraction of sp³-hybridized carbons (Fsp3) is 0.333. The Morgan fingerprint density at radius 1 is 0.758 bits per heavy atom. The summed E-state index contributed by atoms with van der Waals surface area (Å²) in [4.78, 5) is 47.5. The number of anilines is 2. The van der Waals surface area contributed by atoms with Gasteiger partial charge in [0.2, 0.25) is 5.91 Å². The van der Waals surface area contributed by atoms with Gasteiger partial charge in [-0.15, -0.1) is 0 Å². The van der Waals surface area contributed by atoms with Gasteiger partial charge in [-0.3, -0.25) is 14.4 Å². The molecule has 176 valence electrons. The van der Waals surface area contributed by atoms with E-state index in [1.165, 1.54) is 0 Å². The summed E-state index contributed by atoms with van der Waals surface area (Å²) in [5.41, 5.74) is 1.41. The van der Waals surface area contributed by atoms with E-state index in [0.717, 1.165) is 6.42 Å². The highest BCUT2D eigenvalue weighted by Crippen LogP contribution is 2.15. The predicted octanol–water partition coefficient (Wildman–Crippen LogP) is 3.55. The lowest BCUT2D eigenvalue weighted by molar-refractivity contribution is -0.147. The summed E-state index contributed by atoms with van der Waals surface area (Å²) in [7, 11) is 0. The molecular weight excluding hydrogens is 428 g/mol. The molecule has 0 bridgehead atoms. The number of rotatable bonds is 12. The van der Waals surface area contributed by atoms with Crippen LogP contribution in [0.3, 0.4) is 0 Å². The average Bonchev–Trinajstić information content (AvgIpc) is 2.81. The van der Waals surface area contributed by atoms with Gasteiger partial charge < -0.3 is 24.8 Å². The first-order valence-electron chi connectivity index (χ1n) is 10.7. The zero-order chi connectivity index (χ0) is 24.1. The molecule has 0 atom stereocenters. The van der Waals surface area contributed by atoms with Gasteiger partial charge in [0, 0.05) is 17.8 Å². The molecule has 0 unspecified atom stereocenters. The summed E-state index contributed by atoms with van der Waals surface area (Å²) in [6, 6.07) is 13.0. The van der Waals surface area contributed by atoms with Crippen LogP contribution in [0.25, 0.3) is 0 Å². The Hall–Kier alpha value is -3.88. The summed E-state index contributed by atoms with van der Waals surface area (Å²) in [6.07, 6.45) is 0.443. The van der Waals surface area contributed by atoms with Crippen LogP contribution < -0.4 is 15.4 Å². The summed E-state index contributed by atoms with van der Waals surface area (Å²) in [5, 5.41) is 5.23. The number of esters is 2. The van der Waals surface area contributed by atoms with Gasteiger partial charge in [-0.25, -0.2) is 4.79 Å². The number of benzene rings is 2. The Morgan fingerprint density at radius 2 is 1.36 bits per heavy atom. The highest BCUT2D eigenvalue weighted by Gasteiger charge is 2.12. The predicted molar refractivity (Wildman–Crippen MR) is 122 cm³/mol. The maximum absolute atomic E-state index is 12.0. The summed E-state index contributed by atoms with van der Waals surface area (Å²) >= 11 is 0. The van der Waals surface area contributed by atoms with Crippen molar-refractivity contribution in [1.29, 1.82) is 0 Å². The fourth-order valence-electron chi connectivity index (χ4n) is 2.62. The number of hydrogen-bond acceptors (Lipinski definition) is 7. The van der Waals surface area contributed by atoms with Gasteiger partial charge in [0.05, 0.1) is 25.2 Å². The third-order valence-electron chi connectivity index (χ3n) is 4.21. The van der Waals surface area contributed by atoms with E-state index >= 15 is 0 Å². The summed E-state index contributed by atoms with van der Waals surface area (Å²) in [5.74, 6) is -1.29. The first-order chi connectivity index (χ1) is 15.9. The van der Waals surface area contributed by atoms with Crippen LogP contribution in [0.5, 0.6) is 5.75 Å². The quantitative estimate of drug-likeness (QED) is 0.469. The number of hydrogen-bond donors (Lipinski definition) is 2. The lowest BCUT2D eigenvalue weighted by atomic mass is 10.2. The van der Waals surface area contributed by atoms with Gasteiger partial charge in [0.25, 0.3) is 5.91 Å². The normalized spacial score (nSPS) is 10.1. The molecule has 0 aliphatic rings. The largest absolute Gasteiger partial charge is 0.494 e. The Balaban J connectivity index is 1.67. The minimum absolute atomic E-state index is 0.111. The van der Waals surface area contributed by atoms with Gasteiger partial charge >= 0.3 is 11.9 Å². The molecule has 0 radical (unpaired) electrons. The summed E-state index contributed by atoms with van der Waals surface area (Å²) in [6.45, 7) is 4.21. The molecular formula is C24H28N2O7. The molecule has 0 aromatic heterocycles. The van der Waals surface area contributed by atoms with E-state index in [1.54, 1.807) is 48.5 Å². The molecule has 0 saturated heterocycles. The van der Waals surface area contributed by atoms with E-state index in [9.17, 15) is 19.2 Å². The van der Waals surface area contributed by atoms with Crippen molar-refractivity contribution >= 4 is 35.1 Å². The van der Waals surface area contributed by atoms with Crippen LogP contribution in [0.4, 0.5) is 11.4 Å². The fourth-order valence-corrected chi connectivity index (χ4v) is 2.62. The first-order valence-corrected chi connectivity index (χ1v) is 10.7. The Labute approximate surface area is 192 Å². The molecule has 33 heavy (non-hydrogen) atoms. The molecule has 9 nitrogen and oxygen atoms in total. The van der Waals surface area contributed by atoms with Gasteiger partial charge in [0.1, 0.15) is 5.75 Å². The molecule has 9 heteroatoms. The topological polar surface area (TPSA) is 120 Å². The van der Waals surface area contributed by atoms with E-state index in [4.69, 9.17) is 14.2 Å². The van der Waals surface area contributed by atoms with Crippen LogP contribution in [0.2, 0.25) is 0 Å². The molecule has 0 aliphatic carbocycles. The first kappa shape index (κ1) is 25.4. The van der Waals surface area contributed by atoms with Crippen molar-refractivity contribution in [2.45, 2.75) is 33.1 Å². The van der Waals surface area contributed by atoms with Gasteiger partial charge in [-0.1, -0.05) is 6.92 Å². The van der Waals surface area contributed by atoms with Crippen molar-refractivity contribution in [2.24, 2.45) is 0 Å². The minimum atomic E-state index is -0.666. The van der Waals surface area contributed by atoms with Crippen molar-refractivity contribution in [3.05, 3.63) is 54.1 Å².